The second-order valence-corrected chi connectivity index (χ2v) is 8.28. The average molecular weight is 495 g/mol. The molecule has 0 radical (unpaired) electrons. The highest BCUT2D eigenvalue weighted by molar-refractivity contribution is 5.89. The van der Waals surface area contributed by atoms with Gasteiger partial charge in [0.05, 0.1) is 32.0 Å². The first kappa shape index (κ1) is 27.5. The molecule has 0 bridgehead atoms. The third-order valence-corrected chi connectivity index (χ3v) is 5.73. The lowest BCUT2D eigenvalue weighted by Crippen LogP contribution is -2.51. The van der Waals surface area contributed by atoms with Crippen molar-refractivity contribution in [1.29, 1.82) is 0 Å². The lowest BCUT2D eigenvalue weighted by atomic mass is 10.0. The van der Waals surface area contributed by atoms with Gasteiger partial charge in [-0.15, -0.1) is 0 Å². The van der Waals surface area contributed by atoms with Gasteiger partial charge in [0.25, 0.3) is 0 Å². The van der Waals surface area contributed by atoms with Crippen LogP contribution < -0.4 is 0 Å². The molecule has 0 fully saturated rings. The smallest absolute Gasteiger partial charge is 0.338 e. The van der Waals surface area contributed by atoms with Crippen LogP contribution in [0, 0.1) is 0 Å². The van der Waals surface area contributed by atoms with Crippen LogP contribution in [0.1, 0.15) is 21.5 Å². The predicted octanol–water partition coefficient (Wildman–Crippen LogP) is 4.04. The zero-order chi connectivity index (χ0) is 25.6. The number of carbonyl (C=O) groups is 1. The fourth-order valence-corrected chi connectivity index (χ4v) is 3.68. The van der Waals surface area contributed by atoms with E-state index < -0.39 is 30.4 Å². The van der Waals surface area contributed by atoms with Crippen LogP contribution in [0.2, 0.25) is 0 Å². The minimum absolute atomic E-state index is 0.0905. The Morgan fingerprint density at radius 1 is 0.694 bits per heavy atom. The number of carbonyl (C=O) groups excluding carboxylic acids is 1. The van der Waals surface area contributed by atoms with E-state index >= 15 is 0 Å². The molecule has 3 aromatic carbocycles. The normalized spacial score (nSPS) is 14.5. The van der Waals surface area contributed by atoms with Gasteiger partial charge in [-0.25, -0.2) is 4.79 Å². The van der Waals surface area contributed by atoms with Gasteiger partial charge in [0.15, 0.2) is 6.10 Å². The number of hydrogen-bond donors (Lipinski definition) is 1. The van der Waals surface area contributed by atoms with E-state index in [4.69, 9.17) is 23.7 Å². The van der Waals surface area contributed by atoms with Crippen molar-refractivity contribution in [2.75, 3.05) is 27.4 Å². The number of aliphatic hydroxyl groups is 1. The molecular formula is C29H34O7. The average Bonchev–Trinajstić information content (AvgIpc) is 2.93. The SMILES string of the molecule is CO[C@H](COCc1ccccc1)[C@@H](O)[C@H](OC(=O)c1ccccc1)[C@@H](COCc1ccccc1)OC. The van der Waals surface area contributed by atoms with Crippen LogP contribution in [0.4, 0.5) is 0 Å². The van der Waals surface area contributed by atoms with E-state index in [1.165, 1.54) is 14.2 Å². The Balaban J connectivity index is 1.69. The summed E-state index contributed by atoms with van der Waals surface area (Å²) >= 11 is 0. The summed E-state index contributed by atoms with van der Waals surface area (Å²) in [5.41, 5.74) is 2.36. The Hall–Kier alpha value is -3.07. The quantitative estimate of drug-likeness (QED) is 0.319. The van der Waals surface area contributed by atoms with Crippen molar-refractivity contribution >= 4 is 5.97 Å². The minimum Gasteiger partial charge on any atom is -0.453 e. The van der Waals surface area contributed by atoms with E-state index in [9.17, 15) is 9.90 Å². The van der Waals surface area contributed by atoms with E-state index in [0.717, 1.165) is 11.1 Å². The highest BCUT2D eigenvalue weighted by atomic mass is 16.6. The molecule has 4 atom stereocenters. The molecule has 36 heavy (non-hydrogen) atoms. The van der Waals surface area contributed by atoms with Crippen LogP contribution >= 0.6 is 0 Å². The maximum Gasteiger partial charge on any atom is 0.338 e. The number of hydrogen-bond acceptors (Lipinski definition) is 7. The van der Waals surface area contributed by atoms with Crippen molar-refractivity contribution in [2.24, 2.45) is 0 Å². The molecule has 3 aromatic rings. The highest BCUT2D eigenvalue weighted by Crippen LogP contribution is 2.18. The molecule has 1 N–H and O–H groups in total. The summed E-state index contributed by atoms with van der Waals surface area (Å²) in [6.45, 7) is 0.892. The third kappa shape index (κ3) is 8.55. The Morgan fingerprint density at radius 2 is 1.14 bits per heavy atom. The lowest BCUT2D eigenvalue weighted by Gasteiger charge is -2.33. The van der Waals surface area contributed by atoms with Gasteiger partial charge in [0, 0.05) is 14.2 Å². The summed E-state index contributed by atoms with van der Waals surface area (Å²) in [6, 6.07) is 28.0. The van der Waals surface area contributed by atoms with Gasteiger partial charge in [-0.3, -0.25) is 0 Å². The Morgan fingerprint density at radius 3 is 1.61 bits per heavy atom. The number of rotatable bonds is 15. The minimum atomic E-state index is -1.23. The largest absolute Gasteiger partial charge is 0.453 e. The molecular weight excluding hydrogens is 460 g/mol. The van der Waals surface area contributed by atoms with E-state index in [-0.39, 0.29) is 13.2 Å². The Bertz CT molecular complexity index is 998. The van der Waals surface area contributed by atoms with Crippen LogP contribution in [-0.2, 0) is 36.9 Å². The number of methoxy groups -OCH3 is 2. The van der Waals surface area contributed by atoms with Crippen molar-refractivity contribution in [1.82, 2.24) is 0 Å². The van der Waals surface area contributed by atoms with Gasteiger partial charge < -0.3 is 28.8 Å². The molecule has 0 spiro atoms. The molecule has 0 aliphatic carbocycles. The van der Waals surface area contributed by atoms with Crippen LogP contribution in [0.3, 0.4) is 0 Å². The predicted molar refractivity (Wildman–Crippen MR) is 135 cm³/mol. The Kier molecular flexibility index (Phi) is 11.6. The van der Waals surface area contributed by atoms with Crippen molar-refractivity contribution in [3.05, 3.63) is 108 Å². The van der Waals surface area contributed by atoms with E-state index in [0.29, 0.717) is 18.8 Å². The van der Waals surface area contributed by atoms with Crippen molar-refractivity contribution in [3.63, 3.8) is 0 Å². The molecule has 0 unspecified atom stereocenters. The second-order valence-electron chi connectivity index (χ2n) is 8.28. The molecule has 0 aliphatic rings. The lowest BCUT2D eigenvalue weighted by molar-refractivity contribution is -0.154. The number of aliphatic hydroxyl groups excluding tert-OH is 1. The summed E-state index contributed by atoms with van der Waals surface area (Å²) in [5, 5.41) is 11.3. The van der Waals surface area contributed by atoms with Gasteiger partial charge in [0.1, 0.15) is 18.3 Å². The molecule has 0 heterocycles. The summed E-state index contributed by atoms with van der Waals surface area (Å²) < 4.78 is 28.5. The third-order valence-electron chi connectivity index (χ3n) is 5.73. The number of ether oxygens (including phenoxy) is 5. The highest BCUT2D eigenvalue weighted by Gasteiger charge is 2.38. The monoisotopic (exact) mass is 494 g/mol. The summed E-state index contributed by atoms with van der Waals surface area (Å²) in [6.07, 6.45) is -3.82. The Labute approximate surface area is 212 Å². The topological polar surface area (TPSA) is 83.5 Å². The zero-order valence-corrected chi connectivity index (χ0v) is 20.7. The number of benzene rings is 3. The van der Waals surface area contributed by atoms with E-state index in [2.05, 4.69) is 0 Å². The maximum absolute atomic E-state index is 12.9. The molecule has 0 saturated carbocycles. The van der Waals surface area contributed by atoms with Crippen molar-refractivity contribution in [2.45, 2.75) is 37.6 Å². The molecule has 7 nitrogen and oxygen atoms in total. The van der Waals surface area contributed by atoms with Gasteiger partial charge >= 0.3 is 5.97 Å². The fourth-order valence-electron chi connectivity index (χ4n) is 3.68. The van der Waals surface area contributed by atoms with Gasteiger partial charge in [-0.05, 0) is 23.3 Å². The first-order valence-electron chi connectivity index (χ1n) is 11.9. The first-order chi connectivity index (χ1) is 17.6. The fraction of sp³-hybridized carbons (Fsp3) is 0.345. The zero-order valence-electron chi connectivity index (χ0n) is 20.7. The van der Waals surface area contributed by atoms with Crippen LogP contribution in [0.25, 0.3) is 0 Å². The first-order valence-corrected chi connectivity index (χ1v) is 11.9. The maximum atomic E-state index is 12.9. The standard InChI is InChI=1S/C29H34O7/c1-32-25(20-34-18-22-12-6-3-7-13-22)27(30)28(36-29(31)24-16-10-5-11-17-24)26(33-2)21-35-19-23-14-8-4-9-15-23/h3-17,25-28,30H,18-21H2,1-2H3/t25-,26-,27-,28-/m1/s1. The molecule has 0 aromatic heterocycles. The van der Waals surface area contributed by atoms with Crippen molar-refractivity contribution < 1.29 is 33.6 Å². The molecule has 7 heteroatoms. The summed E-state index contributed by atoms with van der Waals surface area (Å²) in [5.74, 6) is -0.579. The molecule has 0 aliphatic heterocycles. The van der Waals surface area contributed by atoms with Gasteiger partial charge in [0.2, 0.25) is 0 Å². The van der Waals surface area contributed by atoms with Gasteiger partial charge in [-0.2, -0.15) is 0 Å². The van der Waals surface area contributed by atoms with Crippen LogP contribution in [0.15, 0.2) is 91.0 Å². The van der Waals surface area contributed by atoms with E-state index in [1.54, 1.807) is 24.3 Å². The van der Waals surface area contributed by atoms with E-state index in [1.807, 2.05) is 66.7 Å². The van der Waals surface area contributed by atoms with Crippen LogP contribution in [0.5, 0.6) is 0 Å². The summed E-state index contributed by atoms with van der Waals surface area (Å²) in [7, 11) is 2.96. The number of esters is 1. The van der Waals surface area contributed by atoms with Gasteiger partial charge in [-0.1, -0.05) is 78.9 Å². The molecule has 3 rings (SSSR count). The summed E-state index contributed by atoms with van der Waals surface area (Å²) in [4.78, 5) is 12.9. The molecule has 192 valence electrons. The van der Waals surface area contributed by atoms with Crippen LogP contribution in [-0.4, -0.2) is 62.9 Å². The molecule has 0 amide bonds. The molecule has 0 saturated heterocycles. The van der Waals surface area contributed by atoms with Crippen molar-refractivity contribution in [3.8, 4) is 0 Å². The second kappa shape index (κ2) is 15.1.